The highest BCUT2D eigenvalue weighted by atomic mass is 19.2. The average Bonchev–Trinajstić information content (AvgIpc) is 3.47. The Balaban J connectivity index is 1.59. The van der Waals surface area contributed by atoms with Crippen molar-refractivity contribution in [2.24, 2.45) is 28.8 Å². The molecule has 0 saturated carbocycles. The molecule has 1 aromatic rings. The van der Waals surface area contributed by atoms with Crippen LogP contribution in [0.4, 0.5) is 13.6 Å². The highest BCUT2D eigenvalue weighted by molar-refractivity contribution is 5.87. The smallest absolute Gasteiger partial charge is 0.408 e. The lowest BCUT2D eigenvalue weighted by atomic mass is 9.73. The van der Waals surface area contributed by atoms with E-state index in [2.05, 4.69) is 10.5 Å². The van der Waals surface area contributed by atoms with Gasteiger partial charge < -0.3 is 48.6 Å². The van der Waals surface area contributed by atoms with Gasteiger partial charge >= 0.3 is 12.1 Å². The fourth-order valence-electron chi connectivity index (χ4n) is 8.93. The van der Waals surface area contributed by atoms with Gasteiger partial charge in [0.05, 0.1) is 49.1 Å². The van der Waals surface area contributed by atoms with E-state index in [1.165, 1.54) is 6.07 Å². The number of likely N-dealkylation sites (N-methyl/N-ethyl adjacent to an activating group) is 1. The number of halogens is 2. The maximum absolute atomic E-state index is 14.4. The maximum Gasteiger partial charge on any atom is 0.408 e. The van der Waals surface area contributed by atoms with Gasteiger partial charge in [0.25, 0.3) is 0 Å². The number of benzene rings is 1. The van der Waals surface area contributed by atoms with E-state index in [0.29, 0.717) is 12.0 Å². The number of nitrogens with zero attached hydrogens (tertiary/aromatic N) is 2. The van der Waals surface area contributed by atoms with E-state index in [4.69, 9.17) is 33.3 Å². The van der Waals surface area contributed by atoms with Gasteiger partial charge in [-0.15, -0.1) is 0 Å². The van der Waals surface area contributed by atoms with Crippen LogP contribution in [0.1, 0.15) is 80.2 Å². The van der Waals surface area contributed by atoms with Crippen LogP contribution < -0.4 is 5.32 Å². The number of carbonyl (C=O) groups is 3. The van der Waals surface area contributed by atoms with Crippen molar-refractivity contribution in [3.8, 4) is 0 Å². The van der Waals surface area contributed by atoms with Crippen molar-refractivity contribution in [1.29, 1.82) is 0 Å². The number of carbonyl (C=O) groups excluding carboxylic acids is 3. The number of oxime groups is 1. The third-order valence-corrected chi connectivity index (χ3v) is 12.1. The molecule has 2 bridgehead atoms. The zero-order valence-corrected chi connectivity index (χ0v) is 34.1. The first-order valence-corrected chi connectivity index (χ1v) is 19.6. The Morgan fingerprint density at radius 2 is 1.75 bits per heavy atom. The molecule has 0 aromatic heterocycles. The third-order valence-electron chi connectivity index (χ3n) is 12.1. The summed E-state index contributed by atoms with van der Waals surface area (Å²) in [4.78, 5) is 48.9. The molecule has 14 atom stereocenters. The fraction of sp³-hybridized carbons (Fsp3) is 0.750. The number of ether oxygens (including phenoxy) is 6. The lowest BCUT2D eigenvalue weighted by molar-refractivity contribution is -0.302. The van der Waals surface area contributed by atoms with Crippen LogP contribution >= 0.6 is 0 Å². The van der Waals surface area contributed by atoms with Gasteiger partial charge in [-0.3, -0.25) is 9.59 Å². The second-order valence-corrected chi connectivity index (χ2v) is 16.7. The van der Waals surface area contributed by atoms with Gasteiger partial charge in [-0.2, -0.15) is 0 Å². The molecular weight excluding hydrogens is 736 g/mol. The molecule has 56 heavy (non-hydrogen) atoms. The minimum absolute atomic E-state index is 0.102. The summed E-state index contributed by atoms with van der Waals surface area (Å²) < 4.78 is 65.8. The van der Waals surface area contributed by atoms with Crippen molar-refractivity contribution in [3.05, 3.63) is 35.4 Å². The lowest BCUT2D eigenvalue weighted by Gasteiger charge is -2.48. The molecule has 1 amide bonds. The highest BCUT2D eigenvalue weighted by Gasteiger charge is 2.57. The molecule has 0 spiro atoms. The van der Waals surface area contributed by atoms with Crippen LogP contribution in [0.5, 0.6) is 0 Å². The summed E-state index contributed by atoms with van der Waals surface area (Å²) >= 11 is 0. The zero-order chi connectivity index (χ0) is 41.3. The summed E-state index contributed by atoms with van der Waals surface area (Å²) in [6, 6.07) is 2.28. The summed E-state index contributed by atoms with van der Waals surface area (Å²) in [6.45, 7) is 13.7. The van der Waals surface area contributed by atoms with Crippen LogP contribution in [0.25, 0.3) is 0 Å². The number of Topliss-reactive ketones (excluding diaryl/α,β-unsaturated/α-hetero) is 1. The molecule has 0 unspecified atom stereocenters. The van der Waals surface area contributed by atoms with Crippen molar-refractivity contribution < 1.29 is 61.5 Å². The van der Waals surface area contributed by atoms with Crippen molar-refractivity contribution in [1.82, 2.24) is 10.2 Å². The number of aliphatic hydroxyl groups is 1. The summed E-state index contributed by atoms with van der Waals surface area (Å²) in [5.41, 5.74) is -2.07. The number of cyclic esters (lactones) is 1. The topological polar surface area (TPSA) is 164 Å². The van der Waals surface area contributed by atoms with Gasteiger partial charge in [0, 0.05) is 23.8 Å². The number of rotatable bonds is 7. The Kier molecular flexibility index (Phi) is 13.8. The quantitative estimate of drug-likeness (QED) is 0.294. The largest absolute Gasteiger partial charge is 0.458 e. The second kappa shape index (κ2) is 17.7. The van der Waals surface area contributed by atoms with Gasteiger partial charge in [-0.1, -0.05) is 38.9 Å². The molecular formula is C40H59F2N3O11. The summed E-state index contributed by atoms with van der Waals surface area (Å²) in [6.07, 6.45) is -5.01. The minimum Gasteiger partial charge on any atom is -0.458 e. The number of alkyl carbamates (subject to hydrolysis) is 1. The first-order chi connectivity index (χ1) is 26.3. The predicted octanol–water partition coefficient (Wildman–Crippen LogP) is 4.53. The number of nitrogens with one attached hydrogen (secondary N) is 1. The molecule has 2 N–H and O–H groups in total. The second-order valence-electron chi connectivity index (χ2n) is 16.7. The predicted molar refractivity (Wildman–Crippen MR) is 198 cm³/mol. The Morgan fingerprint density at radius 3 is 2.41 bits per heavy atom. The van der Waals surface area contributed by atoms with Crippen molar-refractivity contribution in [2.45, 2.75) is 141 Å². The van der Waals surface area contributed by atoms with Crippen LogP contribution in [0.2, 0.25) is 0 Å². The molecule has 0 aliphatic carbocycles. The van der Waals surface area contributed by atoms with Crippen molar-refractivity contribution >= 4 is 23.6 Å². The number of hydrogen-bond acceptors (Lipinski definition) is 13. The van der Waals surface area contributed by atoms with Gasteiger partial charge in [0.1, 0.15) is 30.3 Å². The van der Waals surface area contributed by atoms with Crippen LogP contribution in [0, 0.1) is 35.3 Å². The molecule has 4 fully saturated rings. The molecule has 5 rings (SSSR count). The van der Waals surface area contributed by atoms with Crippen LogP contribution in [0.15, 0.2) is 23.4 Å². The summed E-state index contributed by atoms with van der Waals surface area (Å²) in [5, 5.41) is 18.7. The zero-order valence-electron chi connectivity index (χ0n) is 34.1. The molecule has 0 radical (unpaired) electrons. The summed E-state index contributed by atoms with van der Waals surface area (Å²) in [5.74, 6) is -5.88. The number of ketones is 1. The molecule has 4 aliphatic rings. The molecule has 1 aromatic carbocycles. The first kappa shape index (κ1) is 43.8. The number of amides is 1. The van der Waals surface area contributed by atoms with Crippen LogP contribution in [-0.4, -0.2) is 121 Å². The van der Waals surface area contributed by atoms with Gasteiger partial charge in [-0.25, -0.2) is 13.6 Å². The van der Waals surface area contributed by atoms with E-state index >= 15 is 0 Å². The van der Waals surface area contributed by atoms with Gasteiger partial charge in [-0.05, 0) is 78.7 Å². The summed E-state index contributed by atoms with van der Waals surface area (Å²) in [7, 11) is 3.74. The van der Waals surface area contributed by atoms with Gasteiger partial charge in [0.2, 0.25) is 0 Å². The van der Waals surface area contributed by atoms with E-state index in [0.717, 1.165) is 12.1 Å². The van der Waals surface area contributed by atoms with E-state index in [9.17, 15) is 28.3 Å². The van der Waals surface area contributed by atoms with E-state index in [1.54, 1.807) is 34.6 Å². The lowest BCUT2D eigenvalue weighted by Crippen LogP contribution is -2.60. The number of aliphatic hydroxyl groups excluding tert-OH is 1. The number of esters is 1. The highest BCUT2D eigenvalue weighted by Crippen LogP contribution is 2.42. The van der Waals surface area contributed by atoms with Crippen LogP contribution in [-0.2, 0) is 49.5 Å². The minimum atomic E-state index is -1.36. The van der Waals surface area contributed by atoms with E-state index < -0.39 is 95.3 Å². The average molecular weight is 796 g/mol. The standard InChI is InChI=1S/C40H59F2N3O11/c1-11-30-40(8)34(43-38(49)56-40)22(4)31(46)20(2)16-39(7)35(55-37-32(47)29(45(9)10)14-21(3)53-37)23(5)33(24(6)36(48)54-30)50-18-26(19-51-39)44-52-17-25-12-13-27(41)28(42)15-25/h12-13,15,20-24,29-30,32-35,37,47H,11,14,16-19H2,1-10H3,(H,43,49)/b44-26+/t20-,21-,22+,23+,24-,29+,30-,32-,33+,34-,35-,37+,39-,40-/m1/s1. The van der Waals surface area contributed by atoms with Gasteiger partial charge in [0.15, 0.2) is 23.5 Å². The maximum atomic E-state index is 14.4. The monoisotopic (exact) mass is 795 g/mol. The Bertz CT molecular complexity index is 1620. The fourth-order valence-corrected chi connectivity index (χ4v) is 8.93. The number of hydrogen-bond donors (Lipinski definition) is 2. The van der Waals surface area contributed by atoms with Crippen molar-refractivity contribution in [3.63, 3.8) is 0 Å². The van der Waals surface area contributed by atoms with E-state index in [1.807, 2.05) is 39.8 Å². The molecule has 16 heteroatoms. The normalized spacial score (nSPS) is 40.8. The Labute approximate surface area is 327 Å². The SMILES string of the molecule is CC[C@H]1OC(=O)[C@H](C)[C@H]2OC/C(=N\OCc3ccc(F)c(F)c3)CO[C@](C)(C[C@@H](C)C(=O)[C@H](C)[C@H]3NC(=O)O[C@@]31C)[C@H](O[C@@H]1O[C@H](C)C[C@H](N(C)C)[C@H]1O)[C@H]2C. The van der Waals surface area contributed by atoms with Crippen molar-refractivity contribution in [2.75, 3.05) is 27.3 Å². The Morgan fingerprint density at radius 1 is 1.04 bits per heavy atom. The number of fused-ring (bicyclic) bond motifs is 4. The third kappa shape index (κ3) is 9.20. The van der Waals surface area contributed by atoms with Crippen LogP contribution in [0.3, 0.4) is 0 Å². The molecule has 314 valence electrons. The molecule has 4 aliphatic heterocycles. The molecule has 14 nitrogen and oxygen atoms in total. The molecule has 4 heterocycles. The first-order valence-electron chi connectivity index (χ1n) is 19.6. The molecule has 4 saturated heterocycles. The Hall–Kier alpha value is -3.28. The van der Waals surface area contributed by atoms with E-state index in [-0.39, 0.29) is 56.3 Å².